The fourth-order valence-electron chi connectivity index (χ4n) is 4.26. The van der Waals surface area contributed by atoms with Gasteiger partial charge in [-0.1, -0.05) is 0 Å². The SMILES string of the molecule is O=C(c1n[nH]c2c1CCC2)N1CC2(CC(Oc3cnccn3)CCO2)C1. The molecule has 4 heterocycles. The standard InChI is InChI=1S/C18H21N5O3/c24-17(16-13-2-1-3-14(13)21-22-16)23-10-18(11-23)8-12(4-7-25-18)26-15-9-19-5-6-20-15/h5-6,9,12H,1-4,7-8,10-11H2,(H,21,22). The number of amides is 1. The van der Waals surface area contributed by atoms with Crippen LogP contribution in [0.3, 0.4) is 0 Å². The summed E-state index contributed by atoms with van der Waals surface area (Å²) in [5, 5.41) is 7.26. The Labute approximate surface area is 150 Å². The Morgan fingerprint density at radius 2 is 2.27 bits per heavy atom. The maximum atomic E-state index is 12.8. The third kappa shape index (κ3) is 2.65. The van der Waals surface area contributed by atoms with E-state index in [1.54, 1.807) is 18.6 Å². The number of aromatic nitrogens is 4. The van der Waals surface area contributed by atoms with Crippen LogP contribution in [-0.2, 0) is 17.6 Å². The van der Waals surface area contributed by atoms with E-state index in [-0.39, 0.29) is 17.6 Å². The van der Waals surface area contributed by atoms with Gasteiger partial charge in [-0.05, 0) is 19.3 Å². The summed E-state index contributed by atoms with van der Waals surface area (Å²) in [4.78, 5) is 22.8. The number of hydrogen-bond acceptors (Lipinski definition) is 6. The van der Waals surface area contributed by atoms with Crippen LogP contribution in [-0.4, -0.2) is 62.4 Å². The molecule has 2 saturated heterocycles. The van der Waals surface area contributed by atoms with Crippen molar-refractivity contribution in [2.24, 2.45) is 0 Å². The average molecular weight is 355 g/mol. The molecule has 0 aromatic carbocycles. The normalized spacial score (nSPS) is 23.5. The lowest BCUT2D eigenvalue weighted by molar-refractivity contribution is -0.174. The minimum absolute atomic E-state index is 0.00981. The number of aromatic amines is 1. The summed E-state index contributed by atoms with van der Waals surface area (Å²) in [6.45, 7) is 1.81. The van der Waals surface area contributed by atoms with Gasteiger partial charge < -0.3 is 14.4 Å². The highest BCUT2D eigenvalue weighted by atomic mass is 16.5. The zero-order valence-corrected chi connectivity index (χ0v) is 14.5. The van der Waals surface area contributed by atoms with Crippen LogP contribution in [0.1, 0.15) is 41.0 Å². The van der Waals surface area contributed by atoms with Gasteiger partial charge in [-0.3, -0.25) is 14.9 Å². The fraction of sp³-hybridized carbons (Fsp3) is 0.556. The Bertz CT molecular complexity index is 815. The molecule has 0 bridgehead atoms. The van der Waals surface area contributed by atoms with E-state index in [1.165, 1.54) is 0 Å². The molecule has 2 aromatic heterocycles. The van der Waals surface area contributed by atoms with Gasteiger partial charge in [0.1, 0.15) is 11.7 Å². The summed E-state index contributed by atoms with van der Waals surface area (Å²) in [5.41, 5.74) is 2.51. The zero-order chi connectivity index (χ0) is 17.6. The lowest BCUT2D eigenvalue weighted by atomic mass is 9.84. The number of ether oxygens (including phenoxy) is 2. The van der Waals surface area contributed by atoms with E-state index in [4.69, 9.17) is 9.47 Å². The maximum absolute atomic E-state index is 12.8. The second kappa shape index (κ2) is 6.05. The molecule has 0 radical (unpaired) electrons. The first-order chi connectivity index (χ1) is 12.7. The third-order valence-corrected chi connectivity index (χ3v) is 5.53. The first kappa shape index (κ1) is 15.7. The molecule has 1 amide bonds. The van der Waals surface area contributed by atoms with Crippen molar-refractivity contribution in [2.45, 2.75) is 43.8 Å². The molecular weight excluding hydrogens is 334 g/mol. The summed E-state index contributed by atoms with van der Waals surface area (Å²) >= 11 is 0. The van der Waals surface area contributed by atoms with Gasteiger partial charge in [0, 0.05) is 36.5 Å². The van der Waals surface area contributed by atoms with Gasteiger partial charge in [0.2, 0.25) is 5.88 Å². The Kier molecular flexibility index (Phi) is 3.66. The summed E-state index contributed by atoms with van der Waals surface area (Å²) in [6.07, 6.45) is 9.50. The summed E-state index contributed by atoms with van der Waals surface area (Å²) in [6, 6.07) is 0. The van der Waals surface area contributed by atoms with Gasteiger partial charge in [0.15, 0.2) is 5.69 Å². The molecule has 5 rings (SSSR count). The van der Waals surface area contributed by atoms with Crippen LogP contribution in [0.25, 0.3) is 0 Å². The minimum Gasteiger partial charge on any atom is -0.473 e. The number of nitrogens with zero attached hydrogens (tertiary/aromatic N) is 4. The summed E-state index contributed by atoms with van der Waals surface area (Å²) < 4.78 is 12.0. The van der Waals surface area contributed by atoms with Crippen LogP contribution in [0.5, 0.6) is 5.88 Å². The van der Waals surface area contributed by atoms with Crippen molar-refractivity contribution in [2.75, 3.05) is 19.7 Å². The number of carbonyl (C=O) groups excluding carboxylic acids is 1. The summed E-state index contributed by atoms with van der Waals surface area (Å²) in [5.74, 6) is 0.546. The van der Waals surface area contributed by atoms with Crippen LogP contribution in [0.2, 0.25) is 0 Å². The van der Waals surface area contributed by atoms with Crippen molar-refractivity contribution < 1.29 is 14.3 Å². The van der Waals surface area contributed by atoms with E-state index >= 15 is 0 Å². The molecule has 8 heteroatoms. The lowest BCUT2D eigenvalue weighted by Gasteiger charge is -2.52. The first-order valence-electron chi connectivity index (χ1n) is 9.14. The third-order valence-electron chi connectivity index (χ3n) is 5.53. The minimum atomic E-state index is -0.305. The molecule has 2 aromatic rings. The monoisotopic (exact) mass is 355 g/mol. The molecule has 3 aliphatic rings. The molecule has 26 heavy (non-hydrogen) atoms. The predicted octanol–water partition coefficient (Wildman–Crippen LogP) is 1.14. The number of likely N-dealkylation sites (tertiary alicyclic amines) is 1. The Hall–Kier alpha value is -2.48. The molecule has 1 aliphatic carbocycles. The van der Waals surface area contributed by atoms with Gasteiger partial charge in [0.25, 0.3) is 5.91 Å². The Balaban J connectivity index is 1.23. The average Bonchev–Trinajstić information content (AvgIpc) is 3.24. The number of rotatable bonds is 3. The van der Waals surface area contributed by atoms with Crippen molar-refractivity contribution in [3.05, 3.63) is 35.5 Å². The molecule has 1 atom stereocenters. The molecule has 1 unspecified atom stereocenters. The van der Waals surface area contributed by atoms with Crippen LogP contribution in [0.15, 0.2) is 18.6 Å². The maximum Gasteiger partial charge on any atom is 0.274 e. The number of hydrogen-bond donors (Lipinski definition) is 1. The van der Waals surface area contributed by atoms with Crippen LogP contribution >= 0.6 is 0 Å². The molecule has 2 fully saturated rings. The van der Waals surface area contributed by atoms with Gasteiger partial charge in [-0.15, -0.1) is 0 Å². The second-order valence-electron chi connectivity index (χ2n) is 7.35. The van der Waals surface area contributed by atoms with Crippen molar-refractivity contribution in [1.82, 2.24) is 25.1 Å². The van der Waals surface area contributed by atoms with Crippen LogP contribution in [0.4, 0.5) is 0 Å². The fourth-order valence-corrected chi connectivity index (χ4v) is 4.26. The van der Waals surface area contributed by atoms with Crippen molar-refractivity contribution >= 4 is 5.91 Å². The molecule has 1 N–H and O–H groups in total. The lowest BCUT2D eigenvalue weighted by Crippen LogP contribution is -2.67. The summed E-state index contributed by atoms with van der Waals surface area (Å²) in [7, 11) is 0. The van der Waals surface area contributed by atoms with E-state index in [0.717, 1.165) is 43.4 Å². The Morgan fingerprint density at radius 1 is 1.35 bits per heavy atom. The number of nitrogens with one attached hydrogen (secondary N) is 1. The van der Waals surface area contributed by atoms with Crippen LogP contribution in [0, 0.1) is 0 Å². The molecule has 0 saturated carbocycles. The quantitative estimate of drug-likeness (QED) is 0.887. The molecule has 1 spiro atoms. The van der Waals surface area contributed by atoms with Gasteiger partial charge >= 0.3 is 0 Å². The molecule has 136 valence electrons. The van der Waals surface area contributed by atoms with E-state index in [9.17, 15) is 4.79 Å². The van der Waals surface area contributed by atoms with Gasteiger partial charge in [-0.25, -0.2) is 4.98 Å². The largest absolute Gasteiger partial charge is 0.473 e. The highest BCUT2D eigenvalue weighted by Gasteiger charge is 2.50. The highest BCUT2D eigenvalue weighted by Crippen LogP contribution is 2.36. The number of carbonyl (C=O) groups is 1. The predicted molar refractivity (Wildman–Crippen MR) is 90.9 cm³/mol. The van der Waals surface area contributed by atoms with E-state index in [1.807, 2.05) is 4.90 Å². The number of aryl methyl sites for hydroxylation is 1. The number of H-pyrrole nitrogens is 1. The molecule has 2 aliphatic heterocycles. The van der Waals surface area contributed by atoms with E-state index in [2.05, 4.69) is 20.2 Å². The van der Waals surface area contributed by atoms with Gasteiger partial charge in [-0.2, -0.15) is 5.10 Å². The molecule has 8 nitrogen and oxygen atoms in total. The van der Waals surface area contributed by atoms with E-state index < -0.39 is 0 Å². The smallest absolute Gasteiger partial charge is 0.274 e. The van der Waals surface area contributed by atoms with Gasteiger partial charge in [0.05, 0.1) is 25.9 Å². The van der Waals surface area contributed by atoms with Crippen molar-refractivity contribution in [3.63, 3.8) is 0 Å². The topological polar surface area (TPSA) is 93.2 Å². The zero-order valence-electron chi connectivity index (χ0n) is 14.5. The van der Waals surface area contributed by atoms with Crippen molar-refractivity contribution in [3.8, 4) is 5.88 Å². The molecular formula is C18H21N5O3. The van der Waals surface area contributed by atoms with Crippen molar-refractivity contribution in [1.29, 1.82) is 0 Å². The Morgan fingerprint density at radius 3 is 3.12 bits per heavy atom. The van der Waals surface area contributed by atoms with E-state index in [0.29, 0.717) is 31.3 Å². The first-order valence-corrected chi connectivity index (χ1v) is 9.14. The second-order valence-corrected chi connectivity index (χ2v) is 7.35. The number of fused-ring (bicyclic) bond motifs is 1. The highest BCUT2D eigenvalue weighted by molar-refractivity contribution is 5.95. The van der Waals surface area contributed by atoms with Crippen LogP contribution < -0.4 is 4.74 Å².